The summed E-state index contributed by atoms with van der Waals surface area (Å²) >= 11 is 0. The van der Waals surface area contributed by atoms with Crippen LogP contribution >= 0.6 is 0 Å². The summed E-state index contributed by atoms with van der Waals surface area (Å²) in [7, 11) is 0. The summed E-state index contributed by atoms with van der Waals surface area (Å²) in [6.07, 6.45) is 56.2. The fourth-order valence-electron chi connectivity index (χ4n) is 7.74. The summed E-state index contributed by atoms with van der Waals surface area (Å²) in [6.45, 7) is 5.66. The Hall–Kier alpha value is -4.88. The van der Waals surface area contributed by atoms with Gasteiger partial charge in [0.2, 0.25) is 0 Å². The highest BCUT2D eigenvalue weighted by Gasteiger charge is 2.50. The molecule has 0 aromatic rings. The number of hydrogen-bond acceptors (Lipinski definition) is 11. The van der Waals surface area contributed by atoms with Gasteiger partial charge in [-0.15, -0.1) is 0 Å². The largest absolute Gasteiger partial charge is 0.479 e. The molecule has 6 unspecified atom stereocenters. The molecular formula is C63H98O12. The zero-order valence-electron chi connectivity index (χ0n) is 46.2. The first-order valence-electron chi connectivity index (χ1n) is 28.5. The van der Waals surface area contributed by atoms with Gasteiger partial charge in [-0.3, -0.25) is 14.4 Å². The number of carboxylic acids is 1. The number of carboxylic acid groups (broad SMARTS) is 1. The molecule has 1 saturated heterocycles. The molecule has 12 nitrogen and oxygen atoms in total. The molecule has 0 aromatic carbocycles. The van der Waals surface area contributed by atoms with Gasteiger partial charge in [0.05, 0.1) is 6.61 Å². The Kier molecular flexibility index (Phi) is 45.4. The predicted octanol–water partition coefficient (Wildman–Crippen LogP) is 14.4. The van der Waals surface area contributed by atoms with Crippen molar-refractivity contribution in [2.24, 2.45) is 0 Å². The fourth-order valence-corrected chi connectivity index (χ4v) is 7.74. The van der Waals surface area contributed by atoms with Crippen molar-refractivity contribution in [2.75, 3.05) is 13.2 Å². The first-order chi connectivity index (χ1) is 36.6. The number of allylic oxidation sites excluding steroid dienone is 20. The number of aliphatic carboxylic acids is 1. The molecule has 6 atom stereocenters. The monoisotopic (exact) mass is 1050 g/mol. The lowest BCUT2D eigenvalue weighted by Crippen LogP contribution is -2.61. The summed E-state index contributed by atoms with van der Waals surface area (Å²) in [5.41, 5.74) is 0. The molecule has 1 aliphatic rings. The maximum Gasteiger partial charge on any atom is 0.335 e. The fraction of sp³-hybridized carbons (Fsp3) is 0.619. The first kappa shape index (κ1) is 68.1. The van der Waals surface area contributed by atoms with E-state index in [0.717, 1.165) is 103 Å². The Labute approximate surface area is 452 Å². The highest BCUT2D eigenvalue weighted by Crippen LogP contribution is 2.26. The summed E-state index contributed by atoms with van der Waals surface area (Å²) in [4.78, 5) is 50.9. The van der Waals surface area contributed by atoms with E-state index in [0.29, 0.717) is 25.7 Å². The lowest BCUT2D eigenvalue weighted by molar-refractivity contribution is -0.301. The van der Waals surface area contributed by atoms with Crippen LogP contribution in [0.25, 0.3) is 0 Å². The molecule has 12 heteroatoms. The molecule has 1 fully saturated rings. The zero-order chi connectivity index (χ0) is 54.7. The van der Waals surface area contributed by atoms with Crippen molar-refractivity contribution in [3.63, 3.8) is 0 Å². The normalized spacial score (nSPS) is 19.1. The van der Waals surface area contributed by atoms with Crippen LogP contribution in [0.3, 0.4) is 0 Å². The third-order valence-electron chi connectivity index (χ3n) is 12.0. The summed E-state index contributed by atoms with van der Waals surface area (Å²) < 4.78 is 28.2. The number of aliphatic hydroxyl groups excluding tert-OH is 2. The van der Waals surface area contributed by atoms with E-state index >= 15 is 0 Å². The van der Waals surface area contributed by atoms with Gasteiger partial charge in [0.15, 0.2) is 24.6 Å². The number of carbonyl (C=O) groups excluding carboxylic acids is 3. The van der Waals surface area contributed by atoms with E-state index < -0.39 is 67.3 Å². The SMILES string of the molecule is CC/C=C\C/C=C\C/C=C\C/C=C\C/C=C\C/C=C\CCC(=O)OC1C(OCC(COC(=O)CCCCCC/C=C\C/C=C\C/C=C\C/C=C\CC)OC(=O)CCCCCCCCCCC)OC(C(=O)O)C(O)C1O. The van der Waals surface area contributed by atoms with Gasteiger partial charge in [-0.1, -0.05) is 206 Å². The molecule has 1 rings (SSSR count). The van der Waals surface area contributed by atoms with Crippen LogP contribution < -0.4 is 0 Å². The van der Waals surface area contributed by atoms with E-state index in [9.17, 15) is 34.5 Å². The van der Waals surface area contributed by atoms with Gasteiger partial charge in [-0.05, 0) is 96.3 Å². The minimum absolute atomic E-state index is 0.0725. The average Bonchev–Trinajstić information content (AvgIpc) is 3.39. The molecule has 1 heterocycles. The first-order valence-corrected chi connectivity index (χ1v) is 28.5. The maximum atomic E-state index is 13.1. The molecule has 75 heavy (non-hydrogen) atoms. The molecule has 3 N–H and O–H groups in total. The summed E-state index contributed by atoms with van der Waals surface area (Å²) in [5, 5.41) is 31.4. The van der Waals surface area contributed by atoms with Crippen LogP contribution in [0.4, 0.5) is 0 Å². The average molecular weight is 1050 g/mol. The molecular weight excluding hydrogens is 949 g/mol. The van der Waals surface area contributed by atoms with Crippen molar-refractivity contribution in [3.05, 3.63) is 122 Å². The molecule has 0 saturated carbocycles. The van der Waals surface area contributed by atoms with Crippen molar-refractivity contribution in [3.8, 4) is 0 Å². The van der Waals surface area contributed by atoms with Crippen molar-refractivity contribution in [1.29, 1.82) is 0 Å². The van der Waals surface area contributed by atoms with Crippen LogP contribution in [0.2, 0.25) is 0 Å². The van der Waals surface area contributed by atoms with E-state index in [1.807, 2.05) is 18.2 Å². The van der Waals surface area contributed by atoms with Crippen LogP contribution in [-0.2, 0) is 42.9 Å². The molecule has 0 aromatic heterocycles. The van der Waals surface area contributed by atoms with Crippen LogP contribution in [0.5, 0.6) is 0 Å². The van der Waals surface area contributed by atoms with Crippen LogP contribution in [0, 0.1) is 0 Å². The second-order valence-electron chi connectivity index (χ2n) is 18.8. The standard InChI is InChI=1S/C63H98O12/c1-4-7-10-13-16-19-21-23-25-27-28-30-32-34-36-39-42-45-48-51-57(66)74-61-59(68)58(67)60(62(69)70)75-63(61)72-53-54(73-56(65)50-47-44-41-37-18-15-12-9-6-3)52-71-55(64)49-46-43-40-38-35-33-31-29-26-24-22-20-17-14-11-8-5-2/h7-8,10-11,16-17,19-20,23-26,28,30-31,33-34,36,42,45,54,58-61,63,67-68H,4-6,9,12-15,18,21-22,27,29,32,35,37-41,43-44,46-53H2,1-3H3,(H,69,70)/b10-7-,11-8-,19-16-,20-17-,25-23-,26-24-,30-28-,33-31-,36-34-,45-42-. The second kappa shape index (κ2) is 50.0. The number of hydrogen-bond donors (Lipinski definition) is 3. The Bertz CT molecular complexity index is 1770. The van der Waals surface area contributed by atoms with Crippen molar-refractivity contribution in [1.82, 2.24) is 0 Å². The highest BCUT2D eigenvalue weighted by molar-refractivity contribution is 5.74. The number of aliphatic hydroxyl groups is 2. The van der Waals surface area contributed by atoms with E-state index in [4.69, 9.17) is 23.7 Å². The Morgan fingerprint density at radius 3 is 1.33 bits per heavy atom. The van der Waals surface area contributed by atoms with Crippen molar-refractivity contribution in [2.45, 2.75) is 237 Å². The Morgan fingerprint density at radius 2 is 0.867 bits per heavy atom. The van der Waals surface area contributed by atoms with Crippen molar-refractivity contribution < 1.29 is 58.2 Å². The van der Waals surface area contributed by atoms with E-state index in [1.54, 1.807) is 0 Å². The third kappa shape index (κ3) is 40.1. The minimum Gasteiger partial charge on any atom is -0.479 e. The van der Waals surface area contributed by atoms with Crippen LogP contribution in [0.15, 0.2) is 122 Å². The molecule has 0 amide bonds. The van der Waals surface area contributed by atoms with Crippen LogP contribution in [-0.4, -0.2) is 89.2 Å². The zero-order valence-corrected chi connectivity index (χ0v) is 46.2. The Balaban J connectivity index is 2.72. The van der Waals surface area contributed by atoms with Gasteiger partial charge in [0, 0.05) is 19.3 Å². The number of esters is 3. The van der Waals surface area contributed by atoms with Gasteiger partial charge >= 0.3 is 23.9 Å². The number of carbonyl (C=O) groups is 4. The van der Waals surface area contributed by atoms with Crippen molar-refractivity contribution >= 4 is 23.9 Å². The smallest absolute Gasteiger partial charge is 0.335 e. The molecule has 422 valence electrons. The third-order valence-corrected chi connectivity index (χ3v) is 12.0. The molecule has 0 aliphatic carbocycles. The Morgan fingerprint density at radius 1 is 0.453 bits per heavy atom. The summed E-state index contributed by atoms with van der Waals surface area (Å²) in [5.74, 6) is -3.28. The maximum absolute atomic E-state index is 13.1. The molecule has 0 radical (unpaired) electrons. The number of ether oxygens (including phenoxy) is 5. The van der Waals surface area contributed by atoms with E-state index in [-0.39, 0.29) is 25.9 Å². The lowest BCUT2D eigenvalue weighted by atomic mass is 9.98. The number of unbranched alkanes of at least 4 members (excludes halogenated alkanes) is 12. The highest BCUT2D eigenvalue weighted by atomic mass is 16.7. The number of rotatable bonds is 46. The molecule has 0 spiro atoms. The van der Waals surface area contributed by atoms with Gasteiger partial charge in [0.1, 0.15) is 18.8 Å². The van der Waals surface area contributed by atoms with Gasteiger partial charge in [0.25, 0.3) is 0 Å². The minimum atomic E-state index is -1.94. The second-order valence-corrected chi connectivity index (χ2v) is 18.8. The molecule has 1 aliphatic heterocycles. The van der Waals surface area contributed by atoms with Gasteiger partial charge < -0.3 is 39.0 Å². The quantitative estimate of drug-likeness (QED) is 0.0228. The topological polar surface area (TPSA) is 175 Å². The van der Waals surface area contributed by atoms with E-state index in [1.165, 1.54) is 32.1 Å². The predicted molar refractivity (Wildman–Crippen MR) is 303 cm³/mol. The van der Waals surface area contributed by atoms with E-state index in [2.05, 4.69) is 124 Å². The lowest BCUT2D eigenvalue weighted by Gasteiger charge is -2.40. The molecule has 0 bridgehead atoms. The summed E-state index contributed by atoms with van der Waals surface area (Å²) in [6, 6.07) is 0. The van der Waals surface area contributed by atoms with Gasteiger partial charge in [-0.25, -0.2) is 4.79 Å². The van der Waals surface area contributed by atoms with Gasteiger partial charge in [-0.2, -0.15) is 0 Å². The van der Waals surface area contributed by atoms with Crippen LogP contribution in [0.1, 0.15) is 201 Å².